The van der Waals surface area contributed by atoms with Crippen molar-refractivity contribution >= 4 is 11.8 Å². The molecule has 19 heavy (non-hydrogen) atoms. The van der Waals surface area contributed by atoms with Gasteiger partial charge in [0.2, 0.25) is 0 Å². The molecule has 3 rings (SSSR count). The molecular weight excluding hydrogens is 262 g/mol. The summed E-state index contributed by atoms with van der Waals surface area (Å²) in [5.74, 6) is 2.56. The van der Waals surface area contributed by atoms with Crippen molar-refractivity contribution in [3.8, 4) is 11.5 Å². The number of ether oxygens (including phenoxy) is 3. The summed E-state index contributed by atoms with van der Waals surface area (Å²) in [4.78, 5) is 0. The van der Waals surface area contributed by atoms with Crippen LogP contribution in [0.5, 0.6) is 11.5 Å². The van der Waals surface area contributed by atoms with Gasteiger partial charge < -0.3 is 19.9 Å². The summed E-state index contributed by atoms with van der Waals surface area (Å²) >= 11 is 1.89. The lowest BCUT2D eigenvalue weighted by Gasteiger charge is -2.26. The lowest BCUT2D eigenvalue weighted by Crippen LogP contribution is -2.31. The Bertz CT molecular complexity index is 437. The highest BCUT2D eigenvalue weighted by Gasteiger charge is 2.20. The number of rotatable bonds is 4. The largest absolute Gasteiger partial charge is 0.490 e. The van der Waals surface area contributed by atoms with E-state index in [0.29, 0.717) is 11.9 Å². The van der Waals surface area contributed by atoms with E-state index < -0.39 is 0 Å². The molecule has 1 aromatic rings. The lowest BCUT2D eigenvalue weighted by molar-refractivity contribution is 0.0455. The van der Waals surface area contributed by atoms with Crippen molar-refractivity contribution in [1.82, 2.24) is 0 Å². The predicted molar refractivity (Wildman–Crippen MR) is 76.0 cm³/mol. The second-order valence-corrected chi connectivity index (χ2v) is 6.19. The fourth-order valence-corrected chi connectivity index (χ4v) is 3.11. The number of hydrogen-bond acceptors (Lipinski definition) is 5. The highest BCUT2D eigenvalue weighted by Crippen LogP contribution is 2.33. The van der Waals surface area contributed by atoms with Gasteiger partial charge >= 0.3 is 0 Å². The standard InChI is InChI=1S/C14H19NO3S/c15-12(9-19-11-7-16-8-11)10-2-3-13-14(6-10)18-5-1-4-17-13/h2-3,6,11-12H,1,4-5,7-9,15H2. The SMILES string of the molecule is NC(CSC1COC1)c1ccc2c(c1)OCCCO2. The van der Waals surface area contributed by atoms with Crippen molar-refractivity contribution in [1.29, 1.82) is 0 Å². The van der Waals surface area contributed by atoms with Crippen LogP contribution in [-0.2, 0) is 4.74 Å². The first-order chi connectivity index (χ1) is 9.33. The van der Waals surface area contributed by atoms with Gasteiger partial charge in [-0.3, -0.25) is 0 Å². The van der Waals surface area contributed by atoms with E-state index in [1.165, 1.54) is 0 Å². The predicted octanol–water partition coefficient (Wildman–Crippen LogP) is 1.98. The highest BCUT2D eigenvalue weighted by molar-refractivity contribution is 8.00. The summed E-state index contributed by atoms with van der Waals surface area (Å²) in [6.45, 7) is 3.15. The molecule has 0 radical (unpaired) electrons. The van der Waals surface area contributed by atoms with Crippen LogP contribution in [0.4, 0.5) is 0 Å². The second-order valence-electron chi connectivity index (χ2n) is 4.86. The molecule has 0 bridgehead atoms. The van der Waals surface area contributed by atoms with Crippen molar-refractivity contribution in [3.05, 3.63) is 23.8 Å². The van der Waals surface area contributed by atoms with Gasteiger partial charge in [0.25, 0.3) is 0 Å². The van der Waals surface area contributed by atoms with Crippen molar-refractivity contribution < 1.29 is 14.2 Å². The van der Waals surface area contributed by atoms with E-state index in [9.17, 15) is 0 Å². The van der Waals surface area contributed by atoms with Crippen molar-refractivity contribution in [3.63, 3.8) is 0 Å². The van der Waals surface area contributed by atoms with Crippen LogP contribution in [0.3, 0.4) is 0 Å². The van der Waals surface area contributed by atoms with Gasteiger partial charge in [0, 0.05) is 18.2 Å². The Morgan fingerprint density at radius 2 is 2.00 bits per heavy atom. The van der Waals surface area contributed by atoms with Gasteiger partial charge in [-0.2, -0.15) is 11.8 Å². The summed E-state index contributed by atoms with van der Waals surface area (Å²) in [6, 6.07) is 6.05. The van der Waals surface area contributed by atoms with Crippen molar-refractivity contribution in [2.75, 3.05) is 32.2 Å². The quantitative estimate of drug-likeness (QED) is 0.914. The molecule has 2 aliphatic heterocycles. The smallest absolute Gasteiger partial charge is 0.161 e. The molecule has 1 fully saturated rings. The summed E-state index contributed by atoms with van der Waals surface area (Å²) < 4.78 is 16.5. The molecule has 0 amide bonds. The summed E-state index contributed by atoms with van der Waals surface area (Å²) in [5, 5.41) is 0.617. The molecule has 2 aliphatic rings. The minimum atomic E-state index is 0.0303. The molecule has 104 valence electrons. The van der Waals surface area contributed by atoms with Crippen LogP contribution in [0.15, 0.2) is 18.2 Å². The zero-order valence-corrected chi connectivity index (χ0v) is 11.7. The molecule has 0 saturated carbocycles. The van der Waals surface area contributed by atoms with Gasteiger partial charge in [-0.25, -0.2) is 0 Å². The first-order valence-corrected chi connectivity index (χ1v) is 7.72. The third-order valence-electron chi connectivity index (χ3n) is 3.32. The van der Waals surface area contributed by atoms with E-state index >= 15 is 0 Å². The van der Waals surface area contributed by atoms with Gasteiger partial charge in [0.15, 0.2) is 11.5 Å². The van der Waals surface area contributed by atoms with Gasteiger partial charge in [-0.05, 0) is 17.7 Å². The number of fused-ring (bicyclic) bond motifs is 1. The lowest BCUT2D eigenvalue weighted by atomic mass is 10.1. The maximum atomic E-state index is 6.24. The molecule has 1 atom stereocenters. The molecule has 0 aromatic heterocycles. The van der Waals surface area contributed by atoms with E-state index in [2.05, 4.69) is 0 Å². The summed E-state index contributed by atoms with van der Waals surface area (Å²) in [7, 11) is 0. The van der Waals surface area contributed by atoms with E-state index in [-0.39, 0.29) is 6.04 Å². The Morgan fingerprint density at radius 3 is 2.74 bits per heavy atom. The van der Waals surface area contributed by atoms with Crippen molar-refractivity contribution in [2.45, 2.75) is 17.7 Å². The Labute approximate surface area is 117 Å². The molecule has 4 nitrogen and oxygen atoms in total. The van der Waals surface area contributed by atoms with E-state index in [1.54, 1.807) is 0 Å². The zero-order chi connectivity index (χ0) is 13.1. The molecule has 2 heterocycles. The minimum Gasteiger partial charge on any atom is -0.490 e. The Hall–Kier alpha value is -0.910. The first kappa shape index (κ1) is 13.1. The van der Waals surface area contributed by atoms with Crippen LogP contribution >= 0.6 is 11.8 Å². The van der Waals surface area contributed by atoms with E-state index in [4.69, 9.17) is 19.9 Å². The molecular formula is C14H19NO3S. The molecule has 0 spiro atoms. The number of thioether (sulfide) groups is 1. The Kier molecular flexibility index (Phi) is 4.15. The van der Waals surface area contributed by atoms with Crippen LogP contribution in [0.25, 0.3) is 0 Å². The summed E-state index contributed by atoms with van der Waals surface area (Å²) in [6.07, 6.45) is 0.924. The zero-order valence-electron chi connectivity index (χ0n) is 10.8. The average molecular weight is 281 g/mol. The minimum absolute atomic E-state index is 0.0303. The number of hydrogen-bond donors (Lipinski definition) is 1. The Balaban J connectivity index is 1.64. The molecule has 2 N–H and O–H groups in total. The van der Waals surface area contributed by atoms with Crippen LogP contribution in [0.2, 0.25) is 0 Å². The van der Waals surface area contributed by atoms with Crippen LogP contribution in [0.1, 0.15) is 18.0 Å². The third kappa shape index (κ3) is 3.16. The fourth-order valence-electron chi connectivity index (χ4n) is 2.06. The first-order valence-electron chi connectivity index (χ1n) is 6.67. The van der Waals surface area contributed by atoms with Gasteiger partial charge in [0.1, 0.15) is 0 Å². The van der Waals surface area contributed by atoms with E-state index in [1.807, 2.05) is 30.0 Å². The summed E-state index contributed by atoms with van der Waals surface area (Å²) in [5.41, 5.74) is 7.34. The van der Waals surface area contributed by atoms with Crippen LogP contribution in [-0.4, -0.2) is 37.4 Å². The molecule has 5 heteroatoms. The fraction of sp³-hybridized carbons (Fsp3) is 0.571. The maximum absolute atomic E-state index is 6.24. The highest BCUT2D eigenvalue weighted by atomic mass is 32.2. The maximum Gasteiger partial charge on any atom is 0.161 e. The molecule has 1 unspecified atom stereocenters. The Morgan fingerprint density at radius 1 is 1.21 bits per heavy atom. The number of nitrogens with two attached hydrogens (primary N) is 1. The van der Waals surface area contributed by atoms with E-state index in [0.717, 1.165) is 49.1 Å². The third-order valence-corrected chi connectivity index (χ3v) is 4.61. The topological polar surface area (TPSA) is 53.7 Å². The number of benzene rings is 1. The second kappa shape index (κ2) is 6.03. The van der Waals surface area contributed by atoms with Crippen LogP contribution in [0, 0.1) is 0 Å². The average Bonchev–Trinajstić information content (AvgIpc) is 2.60. The van der Waals surface area contributed by atoms with Gasteiger partial charge in [-0.15, -0.1) is 0 Å². The van der Waals surface area contributed by atoms with Gasteiger partial charge in [0.05, 0.1) is 31.7 Å². The monoisotopic (exact) mass is 281 g/mol. The molecule has 1 saturated heterocycles. The van der Waals surface area contributed by atoms with Crippen molar-refractivity contribution in [2.24, 2.45) is 5.73 Å². The molecule has 0 aliphatic carbocycles. The molecule has 1 aromatic carbocycles. The van der Waals surface area contributed by atoms with Gasteiger partial charge in [-0.1, -0.05) is 6.07 Å². The normalized spacial score (nSPS) is 20.5. The van der Waals surface area contributed by atoms with Crippen LogP contribution < -0.4 is 15.2 Å².